The minimum absolute atomic E-state index is 0.102. The number of carbonyl (C=O) groups excluding carboxylic acids is 1. The first-order valence-electron chi connectivity index (χ1n) is 11.3. The lowest BCUT2D eigenvalue weighted by Crippen LogP contribution is -2.38. The molecule has 37 heavy (non-hydrogen) atoms. The molecule has 1 N–H and O–H groups in total. The number of rotatable bonds is 9. The Morgan fingerprint density at radius 3 is 2.19 bits per heavy atom. The number of sulfonamides is 1. The van der Waals surface area contributed by atoms with Crippen LogP contribution in [0.25, 0.3) is 0 Å². The summed E-state index contributed by atoms with van der Waals surface area (Å²) in [4.78, 5) is 12.9. The molecule has 0 saturated carbocycles. The smallest absolute Gasteiger partial charge is 0.268 e. The molecule has 0 saturated heterocycles. The Balaban J connectivity index is 1.57. The molecule has 1 amide bonds. The van der Waals surface area contributed by atoms with Crippen LogP contribution in [0.5, 0.6) is 17.2 Å². The highest BCUT2D eigenvalue weighted by Crippen LogP contribution is 2.31. The Kier molecular flexibility index (Phi) is 7.74. The van der Waals surface area contributed by atoms with Crippen molar-refractivity contribution < 1.29 is 27.1 Å². The van der Waals surface area contributed by atoms with E-state index in [9.17, 15) is 17.6 Å². The molecule has 0 fully saturated rings. The highest BCUT2D eigenvalue weighted by molar-refractivity contribution is 7.93. The number of anilines is 2. The van der Waals surface area contributed by atoms with E-state index in [4.69, 9.17) is 9.47 Å². The molecular weight excluding hydrogens is 495 g/mol. The SMILES string of the molecule is COc1ccc(C)cc1S(=O)(=O)N(CC(=O)Nc1ccc(Oc2ccccc2)cc1)c1ccc(F)cc1. The number of amides is 1. The topological polar surface area (TPSA) is 84.9 Å². The van der Waals surface area contributed by atoms with Crippen molar-refractivity contribution >= 4 is 27.3 Å². The molecule has 4 aromatic rings. The number of halogens is 1. The third kappa shape index (κ3) is 6.25. The van der Waals surface area contributed by atoms with Gasteiger partial charge < -0.3 is 14.8 Å². The fourth-order valence-corrected chi connectivity index (χ4v) is 5.25. The Hall–Kier alpha value is -4.37. The quantitative estimate of drug-likeness (QED) is 0.303. The number of methoxy groups -OCH3 is 1. The van der Waals surface area contributed by atoms with Gasteiger partial charge in [-0.25, -0.2) is 12.8 Å². The van der Waals surface area contributed by atoms with Crippen LogP contribution in [0, 0.1) is 12.7 Å². The summed E-state index contributed by atoms with van der Waals surface area (Å²) in [6.45, 7) is 1.20. The van der Waals surface area contributed by atoms with Crippen LogP contribution < -0.4 is 19.1 Å². The molecule has 4 aromatic carbocycles. The minimum Gasteiger partial charge on any atom is -0.495 e. The van der Waals surface area contributed by atoms with E-state index < -0.39 is 28.3 Å². The highest BCUT2D eigenvalue weighted by atomic mass is 32.2. The van der Waals surface area contributed by atoms with E-state index >= 15 is 0 Å². The van der Waals surface area contributed by atoms with Gasteiger partial charge in [-0.1, -0.05) is 24.3 Å². The van der Waals surface area contributed by atoms with Crippen LogP contribution >= 0.6 is 0 Å². The van der Waals surface area contributed by atoms with E-state index in [0.29, 0.717) is 22.7 Å². The molecule has 0 bridgehead atoms. The van der Waals surface area contributed by atoms with Crippen LogP contribution in [0.2, 0.25) is 0 Å². The van der Waals surface area contributed by atoms with Gasteiger partial charge >= 0.3 is 0 Å². The van der Waals surface area contributed by atoms with Crippen LogP contribution in [0.3, 0.4) is 0 Å². The maximum atomic E-state index is 13.7. The predicted molar refractivity (Wildman–Crippen MR) is 140 cm³/mol. The van der Waals surface area contributed by atoms with E-state index in [0.717, 1.165) is 16.4 Å². The predicted octanol–water partition coefficient (Wildman–Crippen LogP) is 5.77. The number of aryl methyl sites for hydroxylation is 1. The fourth-order valence-electron chi connectivity index (χ4n) is 3.59. The van der Waals surface area contributed by atoms with Crippen molar-refractivity contribution in [1.29, 1.82) is 0 Å². The van der Waals surface area contributed by atoms with E-state index in [2.05, 4.69) is 5.32 Å². The third-order valence-corrected chi connectivity index (χ3v) is 7.20. The van der Waals surface area contributed by atoms with Gasteiger partial charge in [0.1, 0.15) is 34.5 Å². The van der Waals surface area contributed by atoms with E-state index in [1.807, 2.05) is 30.3 Å². The van der Waals surface area contributed by atoms with E-state index in [1.165, 1.54) is 25.3 Å². The summed E-state index contributed by atoms with van der Waals surface area (Å²) < 4.78 is 53.0. The summed E-state index contributed by atoms with van der Waals surface area (Å²) in [5.41, 5.74) is 1.28. The molecule has 0 heterocycles. The zero-order chi connectivity index (χ0) is 26.4. The van der Waals surface area contributed by atoms with Crippen LogP contribution in [-0.2, 0) is 14.8 Å². The molecule has 0 aliphatic heterocycles. The maximum absolute atomic E-state index is 13.7. The monoisotopic (exact) mass is 520 g/mol. The van der Waals surface area contributed by atoms with Gasteiger partial charge in [-0.05, 0) is 85.3 Å². The number of hydrogen-bond acceptors (Lipinski definition) is 5. The van der Waals surface area contributed by atoms with Crippen molar-refractivity contribution in [3.05, 3.63) is 108 Å². The standard InChI is InChI=1S/C28H25FN2O5S/c1-20-8-17-26(35-2)27(18-20)37(33,34)31(23-13-9-21(29)10-14-23)19-28(32)30-22-11-15-25(16-12-22)36-24-6-4-3-5-7-24/h3-18H,19H2,1-2H3,(H,30,32). The van der Waals surface area contributed by atoms with Crippen LogP contribution in [-0.4, -0.2) is 28.0 Å². The van der Waals surface area contributed by atoms with Crippen molar-refractivity contribution in [2.45, 2.75) is 11.8 Å². The van der Waals surface area contributed by atoms with Crippen molar-refractivity contribution in [2.75, 3.05) is 23.3 Å². The Morgan fingerprint density at radius 1 is 0.892 bits per heavy atom. The molecule has 0 unspecified atom stereocenters. The highest BCUT2D eigenvalue weighted by Gasteiger charge is 2.30. The van der Waals surface area contributed by atoms with Crippen molar-refractivity contribution in [2.24, 2.45) is 0 Å². The molecule has 0 atom stereocenters. The summed E-state index contributed by atoms with van der Waals surface area (Å²) in [5.74, 6) is 0.261. The fraction of sp³-hybridized carbons (Fsp3) is 0.107. The second-order valence-corrected chi connectivity index (χ2v) is 9.96. The average molecular weight is 521 g/mol. The number of benzene rings is 4. The molecule has 7 nitrogen and oxygen atoms in total. The number of nitrogens with one attached hydrogen (secondary N) is 1. The summed E-state index contributed by atoms with van der Waals surface area (Å²) in [6, 6.07) is 25.5. The van der Waals surface area contributed by atoms with Crippen molar-refractivity contribution in [3.8, 4) is 17.2 Å². The summed E-state index contributed by atoms with van der Waals surface area (Å²) in [7, 11) is -2.89. The van der Waals surface area contributed by atoms with Crippen LogP contribution in [0.4, 0.5) is 15.8 Å². The lowest BCUT2D eigenvalue weighted by atomic mass is 10.2. The maximum Gasteiger partial charge on any atom is 0.268 e. The molecule has 0 aliphatic rings. The molecular formula is C28H25FN2O5S. The number of nitrogens with zero attached hydrogens (tertiary/aromatic N) is 1. The summed E-state index contributed by atoms with van der Waals surface area (Å²) in [5, 5.41) is 2.70. The summed E-state index contributed by atoms with van der Waals surface area (Å²) in [6.07, 6.45) is 0. The first-order valence-corrected chi connectivity index (χ1v) is 12.8. The Bertz CT molecular complexity index is 1480. The summed E-state index contributed by atoms with van der Waals surface area (Å²) >= 11 is 0. The van der Waals surface area contributed by atoms with Gasteiger partial charge in [0.05, 0.1) is 12.8 Å². The van der Waals surface area contributed by atoms with Gasteiger partial charge in [0.25, 0.3) is 10.0 Å². The number of para-hydroxylation sites is 1. The van der Waals surface area contributed by atoms with E-state index in [-0.39, 0.29) is 16.3 Å². The molecule has 4 rings (SSSR count). The normalized spacial score (nSPS) is 11.0. The largest absolute Gasteiger partial charge is 0.495 e. The van der Waals surface area contributed by atoms with Crippen molar-refractivity contribution in [3.63, 3.8) is 0 Å². The van der Waals surface area contributed by atoms with Gasteiger partial charge in [0, 0.05) is 5.69 Å². The van der Waals surface area contributed by atoms with Crippen LogP contribution in [0.1, 0.15) is 5.56 Å². The molecule has 0 aromatic heterocycles. The van der Waals surface area contributed by atoms with Crippen LogP contribution in [0.15, 0.2) is 102 Å². The average Bonchev–Trinajstić information content (AvgIpc) is 2.89. The van der Waals surface area contributed by atoms with E-state index in [1.54, 1.807) is 43.3 Å². The third-order valence-electron chi connectivity index (χ3n) is 5.41. The second kappa shape index (κ2) is 11.1. The Morgan fingerprint density at radius 2 is 1.54 bits per heavy atom. The van der Waals surface area contributed by atoms with Crippen molar-refractivity contribution in [1.82, 2.24) is 0 Å². The van der Waals surface area contributed by atoms with Gasteiger partial charge in [0.15, 0.2) is 0 Å². The number of ether oxygens (including phenoxy) is 2. The first-order chi connectivity index (χ1) is 17.8. The lowest BCUT2D eigenvalue weighted by molar-refractivity contribution is -0.114. The second-order valence-electron chi connectivity index (χ2n) is 8.13. The zero-order valence-electron chi connectivity index (χ0n) is 20.2. The molecule has 190 valence electrons. The van der Waals surface area contributed by atoms with Gasteiger partial charge in [0.2, 0.25) is 5.91 Å². The number of carbonyl (C=O) groups is 1. The van der Waals surface area contributed by atoms with Gasteiger partial charge in [-0.15, -0.1) is 0 Å². The number of hydrogen-bond donors (Lipinski definition) is 1. The molecule has 0 spiro atoms. The zero-order valence-corrected chi connectivity index (χ0v) is 21.0. The lowest BCUT2D eigenvalue weighted by Gasteiger charge is -2.25. The Labute approximate surface area is 215 Å². The van der Waals surface area contributed by atoms with Gasteiger partial charge in [-0.3, -0.25) is 9.10 Å². The van der Waals surface area contributed by atoms with Gasteiger partial charge in [-0.2, -0.15) is 0 Å². The molecule has 0 radical (unpaired) electrons. The molecule has 9 heteroatoms. The first kappa shape index (κ1) is 25.7. The molecule has 0 aliphatic carbocycles. The minimum atomic E-state index is -4.26.